The Labute approximate surface area is 413 Å². The number of amides is 7. The third-order valence-corrected chi connectivity index (χ3v) is 13.8. The SMILES string of the molecule is CCC(C)CCCCCCCCCCC(=O)N[C@H]1C[C@@H](O)[C@@H](O)NC(=O)[C@@H]2[C@@H](O)[C@@H](C)CN2C(=O)[C@H](CO)NC(=O)[C@H]([C@H](O)C(O)c2ccc(O)cc2)NC(=O)[C@@H]2C[C@@H](O)CN2C(=O)[C@H]([C@@H](C)O)NC1=O. The molecule has 71 heavy (non-hydrogen) atoms. The van der Waals surface area contributed by atoms with Gasteiger partial charge in [0.1, 0.15) is 60.3 Å². The maximum atomic E-state index is 14.3. The van der Waals surface area contributed by atoms with Crippen LogP contribution in [0.2, 0.25) is 0 Å². The molecule has 23 nitrogen and oxygen atoms in total. The first-order valence-corrected chi connectivity index (χ1v) is 24.9. The standard InChI is InChI=1S/C48H77N7O16/c1-5-25(2)14-12-10-8-6-7-9-11-13-15-35(61)49-31-21-34(60)44(67)53-46(69)38-39(62)26(3)22-55(38)47(70)32(24-56)50-45(68)37(41(64)40(63)28-16-18-29(58)19-17-28)52-43(66)33-20-30(59)23-54(33)48(71)36(27(4)57)51-42(31)65/h16-19,25-27,30-34,36-41,44,56-60,62-64,67H,5-15,20-24H2,1-4H3,(H,49,61)(H,50,68)(H,51,65)(H,52,66)(H,53,69)/t25?,26-,27+,30+,31-,32-,33-,34+,36-,37-,38-,39-,40?,41-,44+/m0/s1. The predicted octanol–water partition coefficient (Wildman–Crippen LogP) is -2.59. The van der Waals surface area contributed by atoms with Crippen molar-refractivity contribution in [1.82, 2.24) is 36.4 Å². The Hall–Kier alpha value is -5.01. The number of aromatic hydroxyl groups is 1. The van der Waals surface area contributed by atoms with E-state index < -0.39 is 152 Å². The molecule has 0 spiro atoms. The van der Waals surface area contributed by atoms with Crippen LogP contribution in [0.4, 0.5) is 0 Å². The Morgan fingerprint density at radius 1 is 0.732 bits per heavy atom. The van der Waals surface area contributed by atoms with Crippen molar-refractivity contribution >= 4 is 41.4 Å². The molecule has 7 amide bonds. The third-order valence-electron chi connectivity index (χ3n) is 13.8. The second-order valence-electron chi connectivity index (χ2n) is 19.5. The van der Waals surface area contributed by atoms with E-state index in [0.717, 1.165) is 67.4 Å². The fourth-order valence-corrected chi connectivity index (χ4v) is 9.17. The summed E-state index contributed by atoms with van der Waals surface area (Å²) >= 11 is 0. The second-order valence-corrected chi connectivity index (χ2v) is 19.5. The molecule has 0 bridgehead atoms. The zero-order valence-electron chi connectivity index (χ0n) is 41.1. The average Bonchev–Trinajstić information content (AvgIpc) is 3.88. The van der Waals surface area contributed by atoms with Gasteiger partial charge in [-0.15, -0.1) is 0 Å². The largest absolute Gasteiger partial charge is 0.508 e. The maximum absolute atomic E-state index is 14.3. The molecule has 0 aromatic heterocycles. The zero-order chi connectivity index (χ0) is 52.7. The molecule has 0 radical (unpaired) electrons. The van der Waals surface area contributed by atoms with Gasteiger partial charge < -0.3 is 82.3 Å². The quantitative estimate of drug-likeness (QED) is 0.0672. The number of hydrogen-bond donors (Lipinski definition) is 14. The molecule has 3 saturated heterocycles. The van der Waals surface area contributed by atoms with Crippen molar-refractivity contribution in [3.63, 3.8) is 0 Å². The molecule has 3 fully saturated rings. The average molecular weight is 1010 g/mol. The first kappa shape index (κ1) is 58.6. The minimum Gasteiger partial charge on any atom is -0.508 e. The predicted molar refractivity (Wildman–Crippen MR) is 253 cm³/mol. The maximum Gasteiger partial charge on any atom is 0.248 e. The van der Waals surface area contributed by atoms with E-state index >= 15 is 0 Å². The molecule has 1 aromatic rings. The van der Waals surface area contributed by atoms with Crippen LogP contribution in [0.3, 0.4) is 0 Å². The number of aliphatic hydroxyl groups is 8. The molecule has 4 rings (SSSR count). The van der Waals surface area contributed by atoms with Crippen LogP contribution in [-0.4, -0.2) is 190 Å². The fraction of sp³-hybridized carbons (Fsp3) is 0.729. The van der Waals surface area contributed by atoms with E-state index in [0.29, 0.717) is 18.8 Å². The highest BCUT2D eigenvalue weighted by Crippen LogP contribution is 2.27. The zero-order valence-corrected chi connectivity index (χ0v) is 41.1. The lowest BCUT2D eigenvalue weighted by atomic mass is 9.97. The third kappa shape index (κ3) is 16.2. The molecule has 2 unspecified atom stereocenters. The summed E-state index contributed by atoms with van der Waals surface area (Å²) < 4.78 is 0. The van der Waals surface area contributed by atoms with Crippen molar-refractivity contribution in [2.24, 2.45) is 11.8 Å². The summed E-state index contributed by atoms with van der Waals surface area (Å²) in [7, 11) is 0. The summed E-state index contributed by atoms with van der Waals surface area (Å²) in [4.78, 5) is 99.4. The minimum atomic E-state index is -2.26. The highest BCUT2D eigenvalue weighted by atomic mass is 16.3. The molecular formula is C48H77N7O16. The van der Waals surface area contributed by atoms with Gasteiger partial charge in [0.25, 0.3) is 0 Å². The van der Waals surface area contributed by atoms with E-state index in [1.807, 2.05) is 0 Å². The van der Waals surface area contributed by atoms with E-state index in [9.17, 15) is 79.5 Å². The van der Waals surface area contributed by atoms with Gasteiger partial charge in [0, 0.05) is 38.3 Å². The van der Waals surface area contributed by atoms with Gasteiger partial charge in [0.2, 0.25) is 41.4 Å². The molecule has 14 N–H and O–H groups in total. The van der Waals surface area contributed by atoms with Crippen LogP contribution in [0.1, 0.15) is 123 Å². The van der Waals surface area contributed by atoms with Crippen molar-refractivity contribution in [2.75, 3.05) is 19.7 Å². The molecule has 23 heteroatoms. The molecule has 3 aliphatic rings. The van der Waals surface area contributed by atoms with Crippen LogP contribution >= 0.6 is 0 Å². The van der Waals surface area contributed by atoms with Crippen molar-refractivity contribution in [3.05, 3.63) is 29.8 Å². The van der Waals surface area contributed by atoms with Gasteiger partial charge in [-0.1, -0.05) is 90.7 Å². The topological polar surface area (TPSA) is 368 Å². The van der Waals surface area contributed by atoms with Gasteiger partial charge in [0.15, 0.2) is 6.23 Å². The van der Waals surface area contributed by atoms with Gasteiger partial charge in [-0.3, -0.25) is 33.6 Å². The number of rotatable bonds is 18. The smallest absolute Gasteiger partial charge is 0.248 e. The summed E-state index contributed by atoms with van der Waals surface area (Å²) in [6.45, 7) is 5.00. The highest BCUT2D eigenvalue weighted by Gasteiger charge is 2.49. The second kappa shape index (κ2) is 27.7. The molecule has 1 aromatic carbocycles. The molecule has 0 aliphatic carbocycles. The molecule has 3 heterocycles. The number of unbranched alkanes of at least 4 members (excludes halogenated alkanes) is 7. The number of hydrogen-bond acceptors (Lipinski definition) is 16. The van der Waals surface area contributed by atoms with Crippen LogP contribution in [-0.2, 0) is 33.6 Å². The van der Waals surface area contributed by atoms with Crippen LogP contribution in [0, 0.1) is 11.8 Å². The lowest BCUT2D eigenvalue weighted by Gasteiger charge is -2.33. The molecule has 15 atom stereocenters. The van der Waals surface area contributed by atoms with Crippen molar-refractivity contribution in [2.45, 2.75) is 190 Å². The van der Waals surface area contributed by atoms with Crippen molar-refractivity contribution in [3.8, 4) is 5.75 Å². The number of carbonyl (C=O) groups excluding carboxylic acids is 7. The first-order valence-electron chi connectivity index (χ1n) is 24.9. The lowest BCUT2D eigenvalue weighted by molar-refractivity contribution is -0.147. The number of aliphatic hydroxyl groups excluding tert-OH is 8. The van der Waals surface area contributed by atoms with Crippen LogP contribution in [0.5, 0.6) is 5.75 Å². The van der Waals surface area contributed by atoms with Crippen molar-refractivity contribution < 1.29 is 79.5 Å². The molecular weight excluding hydrogens is 931 g/mol. The van der Waals surface area contributed by atoms with Crippen LogP contribution in [0.25, 0.3) is 0 Å². The van der Waals surface area contributed by atoms with E-state index in [4.69, 9.17) is 0 Å². The van der Waals surface area contributed by atoms with Gasteiger partial charge in [-0.2, -0.15) is 0 Å². The number of fused-ring (bicyclic) bond motifs is 2. The number of phenols is 1. The highest BCUT2D eigenvalue weighted by molar-refractivity contribution is 5.98. The van der Waals surface area contributed by atoms with Gasteiger partial charge >= 0.3 is 0 Å². The van der Waals surface area contributed by atoms with E-state index in [-0.39, 0.29) is 24.3 Å². The van der Waals surface area contributed by atoms with Crippen LogP contribution in [0.15, 0.2) is 24.3 Å². The van der Waals surface area contributed by atoms with Crippen LogP contribution < -0.4 is 26.6 Å². The van der Waals surface area contributed by atoms with Crippen molar-refractivity contribution in [1.29, 1.82) is 0 Å². The van der Waals surface area contributed by atoms with Gasteiger partial charge in [0.05, 0.1) is 24.9 Å². The minimum absolute atomic E-state index is 0.0508. The first-order chi connectivity index (χ1) is 33.6. The Kier molecular flexibility index (Phi) is 22.9. The summed E-state index contributed by atoms with van der Waals surface area (Å²) in [5.41, 5.74) is -0.0577. The Morgan fingerprint density at radius 2 is 1.34 bits per heavy atom. The lowest BCUT2D eigenvalue weighted by Crippen LogP contribution is -2.63. The Morgan fingerprint density at radius 3 is 1.94 bits per heavy atom. The molecule has 400 valence electrons. The molecule has 0 saturated carbocycles. The Bertz CT molecular complexity index is 1950. The number of carbonyl (C=O) groups is 7. The number of nitrogens with one attached hydrogen (secondary N) is 5. The summed E-state index contributed by atoms with van der Waals surface area (Å²) in [5.74, 6) is -8.20. The van der Waals surface area contributed by atoms with E-state index in [1.54, 1.807) is 0 Å². The van der Waals surface area contributed by atoms with E-state index in [2.05, 4.69) is 40.4 Å². The van der Waals surface area contributed by atoms with Gasteiger partial charge in [-0.05, 0) is 37.0 Å². The summed E-state index contributed by atoms with van der Waals surface area (Å²) in [6.07, 6.45) is -4.65. The number of benzene rings is 1. The Balaban J connectivity index is 1.65. The molecule has 3 aliphatic heterocycles. The van der Waals surface area contributed by atoms with Gasteiger partial charge in [-0.25, -0.2) is 0 Å². The summed E-state index contributed by atoms with van der Waals surface area (Å²) in [6, 6.07) is -6.51. The number of nitrogens with zero attached hydrogens (tertiary/aromatic N) is 2. The monoisotopic (exact) mass is 1010 g/mol. The van der Waals surface area contributed by atoms with E-state index in [1.165, 1.54) is 31.9 Å². The summed E-state index contributed by atoms with van der Waals surface area (Å²) in [5, 5.41) is 109. The normalized spacial score (nSPS) is 30.2. The fourth-order valence-electron chi connectivity index (χ4n) is 9.17. The number of phenolic OH excluding ortho intramolecular Hbond substituents is 1.